The molecule has 0 aromatic carbocycles. The van der Waals surface area contributed by atoms with Crippen molar-refractivity contribution in [1.82, 2.24) is 4.90 Å². The van der Waals surface area contributed by atoms with Gasteiger partial charge in [0.25, 0.3) is 5.91 Å². The van der Waals surface area contributed by atoms with Gasteiger partial charge < -0.3 is 16.5 Å². The monoisotopic (exact) mass is 327 g/mol. The maximum Gasteiger partial charge on any atom is 0.291 e. The highest BCUT2D eigenvalue weighted by Gasteiger charge is 2.31. The van der Waals surface area contributed by atoms with Crippen LogP contribution >= 0.6 is 15.9 Å². The number of halogens is 1. The maximum atomic E-state index is 12.2. The number of allylic oxidation sites excluding steroid dienone is 1. The summed E-state index contributed by atoms with van der Waals surface area (Å²) in [7, 11) is 0. The normalized spacial score (nSPS) is 23.7. The molecule has 0 aromatic rings. The van der Waals surface area contributed by atoms with Gasteiger partial charge in [-0.05, 0) is 30.9 Å². The molecule has 0 bridgehead atoms. The second-order valence-electron chi connectivity index (χ2n) is 4.79. The molecular formula is C12H18BrN5O. The van der Waals surface area contributed by atoms with E-state index in [1.165, 1.54) is 0 Å². The van der Waals surface area contributed by atoms with E-state index in [4.69, 9.17) is 11.6 Å². The zero-order valence-electron chi connectivity index (χ0n) is 10.6. The second-order valence-corrected chi connectivity index (χ2v) is 5.85. The highest BCUT2D eigenvalue weighted by molar-refractivity contribution is 9.09. The molecule has 0 spiro atoms. The zero-order chi connectivity index (χ0) is 13.8. The molecule has 1 fully saturated rings. The van der Waals surface area contributed by atoms with Gasteiger partial charge in [-0.15, -0.1) is 0 Å². The van der Waals surface area contributed by atoms with E-state index in [1.807, 2.05) is 6.08 Å². The van der Waals surface area contributed by atoms with E-state index in [0.29, 0.717) is 6.54 Å². The van der Waals surface area contributed by atoms with Crippen molar-refractivity contribution in [2.75, 3.05) is 6.54 Å². The first kappa shape index (κ1) is 14.0. The number of hydrogen-bond donors (Lipinski definition) is 2. The number of amides is 1. The molecule has 1 unspecified atom stereocenters. The van der Waals surface area contributed by atoms with Crippen molar-refractivity contribution >= 4 is 33.9 Å². The van der Waals surface area contributed by atoms with Crippen LogP contribution in [0.1, 0.15) is 25.7 Å². The first-order chi connectivity index (χ1) is 9.11. The summed E-state index contributed by atoms with van der Waals surface area (Å²) >= 11 is 3.46. The van der Waals surface area contributed by atoms with Gasteiger partial charge >= 0.3 is 0 Å². The molecule has 2 rings (SSSR count). The number of dihydropyridines is 1. The number of hydrazone groups is 1. The maximum absolute atomic E-state index is 12.2. The van der Waals surface area contributed by atoms with Crippen molar-refractivity contribution in [3.05, 3.63) is 11.6 Å². The van der Waals surface area contributed by atoms with E-state index in [2.05, 4.69) is 26.0 Å². The summed E-state index contributed by atoms with van der Waals surface area (Å²) in [5.41, 5.74) is 6.70. The van der Waals surface area contributed by atoms with Gasteiger partial charge in [-0.2, -0.15) is 5.10 Å². The van der Waals surface area contributed by atoms with Crippen LogP contribution in [0.25, 0.3) is 0 Å². The SMILES string of the molecule is N/N=C(\N)C(=O)N(CC1=CC=NC(Br)C1)C1CCC1. The van der Waals surface area contributed by atoms with Crippen LogP contribution in [-0.4, -0.2) is 40.4 Å². The Kier molecular flexibility index (Phi) is 4.57. The highest BCUT2D eigenvalue weighted by atomic mass is 79.9. The minimum Gasteiger partial charge on any atom is -0.378 e. The van der Waals surface area contributed by atoms with Crippen molar-refractivity contribution < 1.29 is 4.79 Å². The Bertz CT molecular complexity index is 441. The van der Waals surface area contributed by atoms with E-state index < -0.39 is 0 Å². The first-order valence-electron chi connectivity index (χ1n) is 6.31. The van der Waals surface area contributed by atoms with Crippen molar-refractivity contribution in [2.24, 2.45) is 21.7 Å². The van der Waals surface area contributed by atoms with Crippen molar-refractivity contribution in [3.8, 4) is 0 Å². The molecule has 104 valence electrons. The number of hydrogen-bond acceptors (Lipinski definition) is 4. The number of nitrogens with two attached hydrogens (primary N) is 2. The average molecular weight is 328 g/mol. The Morgan fingerprint density at radius 3 is 2.84 bits per heavy atom. The van der Waals surface area contributed by atoms with Crippen LogP contribution in [0.4, 0.5) is 0 Å². The summed E-state index contributed by atoms with van der Waals surface area (Å²) in [4.78, 5) is 18.3. The number of aliphatic imine (C=N–C) groups is 1. The van der Waals surface area contributed by atoms with Gasteiger partial charge in [-0.25, -0.2) is 0 Å². The third kappa shape index (κ3) is 3.34. The Morgan fingerprint density at radius 1 is 1.58 bits per heavy atom. The largest absolute Gasteiger partial charge is 0.378 e. The molecule has 1 aliphatic carbocycles. The lowest BCUT2D eigenvalue weighted by Gasteiger charge is -2.38. The quantitative estimate of drug-likeness (QED) is 0.199. The van der Waals surface area contributed by atoms with E-state index in [9.17, 15) is 4.79 Å². The number of rotatable bonds is 3. The van der Waals surface area contributed by atoms with E-state index >= 15 is 0 Å². The van der Waals surface area contributed by atoms with E-state index in [1.54, 1.807) is 11.1 Å². The Hall–Kier alpha value is -1.37. The fourth-order valence-electron chi connectivity index (χ4n) is 2.18. The minimum absolute atomic E-state index is 0.0892. The molecule has 2 aliphatic rings. The van der Waals surface area contributed by atoms with Crippen LogP contribution in [0.2, 0.25) is 0 Å². The summed E-state index contributed by atoms with van der Waals surface area (Å²) in [5.74, 6) is 4.69. The summed E-state index contributed by atoms with van der Waals surface area (Å²) in [6, 6.07) is 0.251. The minimum atomic E-state index is -0.276. The lowest BCUT2D eigenvalue weighted by Crippen LogP contribution is -2.50. The Balaban J connectivity index is 2.08. The number of amidine groups is 1. The summed E-state index contributed by atoms with van der Waals surface area (Å²) in [6.07, 6.45) is 7.70. The van der Waals surface area contributed by atoms with Gasteiger partial charge in [-0.1, -0.05) is 15.9 Å². The van der Waals surface area contributed by atoms with Crippen molar-refractivity contribution in [3.63, 3.8) is 0 Å². The van der Waals surface area contributed by atoms with Gasteiger partial charge in [0.05, 0.1) is 0 Å². The summed E-state index contributed by atoms with van der Waals surface area (Å²) in [5, 5.41) is 3.31. The van der Waals surface area contributed by atoms with Crippen molar-refractivity contribution in [1.29, 1.82) is 0 Å². The third-order valence-electron chi connectivity index (χ3n) is 3.50. The fraction of sp³-hybridized carbons (Fsp3) is 0.583. The first-order valence-corrected chi connectivity index (χ1v) is 7.23. The molecular weight excluding hydrogens is 310 g/mol. The number of carbonyl (C=O) groups excluding carboxylic acids is 1. The second kappa shape index (κ2) is 6.18. The predicted molar refractivity (Wildman–Crippen MR) is 79.1 cm³/mol. The van der Waals surface area contributed by atoms with Crippen LogP contribution in [0, 0.1) is 0 Å². The molecule has 1 aliphatic heterocycles. The molecule has 7 heteroatoms. The zero-order valence-corrected chi connectivity index (χ0v) is 12.2. The van der Waals surface area contributed by atoms with Crippen LogP contribution in [0.15, 0.2) is 21.7 Å². The molecule has 1 amide bonds. The van der Waals surface area contributed by atoms with Gasteiger partial charge in [0, 0.05) is 25.2 Å². The number of alkyl halides is 1. The lowest BCUT2D eigenvalue weighted by molar-refractivity contribution is -0.127. The van der Waals surface area contributed by atoms with Crippen LogP contribution in [-0.2, 0) is 4.79 Å². The number of carbonyl (C=O) groups is 1. The standard InChI is InChI=1S/C12H18BrN5O/c13-10-6-8(4-5-16-10)7-18(9-2-1-3-9)12(19)11(14)17-15/h4-5,9-10H,1-3,6-7,15H2,(H2,14,17). The predicted octanol–water partition coefficient (Wildman–Crippen LogP) is 0.720. The van der Waals surface area contributed by atoms with Crippen molar-refractivity contribution in [2.45, 2.75) is 36.7 Å². The lowest BCUT2D eigenvalue weighted by atomic mass is 9.90. The molecule has 1 atom stereocenters. The molecule has 19 heavy (non-hydrogen) atoms. The summed E-state index contributed by atoms with van der Waals surface area (Å²) in [6.45, 7) is 0.563. The van der Waals surface area contributed by atoms with E-state index in [0.717, 1.165) is 31.3 Å². The molecule has 0 aromatic heterocycles. The van der Waals surface area contributed by atoms with Crippen LogP contribution < -0.4 is 11.6 Å². The average Bonchev–Trinajstić information content (AvgIpc) is 2.34. The van der Waals surface area contributed by atoms with Crippen LogP contribution in [0.5, 0.6) is 0 Å². The topological polar surface area (TPSA) is 97.1 Å². The summed E-state index contributed by atoms with van der Waals surface area (Å²) < 4.78 is 0. The van der Waals surface area contributed by atoms with E-state index in [-0.39, 0.29) is 22.7 Å². The van der Waals surface area contributed by atoms with Gasteiger partial charge in [-0.3, -0.25) is 9.79 Å². The van der Waals surface area contributed by atoms with Gasteiger partial charge in [0.15, 0.2) is 0 Å². The molecule has 0 radical (unpaired) electrons. The van der Waals surface area contributed by atoms with Gasteiger partial charge in [0.2, 0.25) is 5.84 Å². The van der Waals surface area contributed by atoms with Crippen LogP contribution in [0.3, 0.4) is 0 Å². The smallest absolute Gasteiger partial charge is 0.291 e. The Morgan fingerprint density at radius 2 is 2.32 bits per heavy atom. The molecule has 6 nitrogen and oxygen atoms in total. The fourth-order valence-corrected chi connectivity index (χ4v) is 2.73. The van der Waals surface area contributed by atoms with Gasteiger partial charge in [0.1, 0.15) is 4.95 Å². The molecule has 4 N–H and O–H groups in total. The molecule has 1 saturated carbocycles. The highest BCUT2D eigenvalue weighted by Crippen LogP contribution is 2.27. The molecule has 0 saturated heterocycles. The Labute approximate surface area is 120 Å². The number of nitrogens with zero attached hydrogens (tertiary/aromatic N) is 3. The molecule has 1 heterocycles. The third-order valence-corrected chi connectivity index (χ3v) is 4.06.